The van der Waals surface area contributed by atoms with Crippen molar-refractivity contribution in [2.45, 2.75) is 19.8 Å². The Balaban J connectivity index is 2.07. The molecule has 1 aliphatic heterocycles. The summed E-state index contributed by atoms with van der Waals surface area (Å²) in [6, 6.07) is 1.59. The minimum absolute atomic E-state index is 0.0582. The maximum Gasteiger partial charge on any atom is 0.270 e. The van der Waals surface area contributed by atoms with Crippen LogP contribution in [0.3, 0.4) is 0 Å². The highest BCUT2D eigenvalue weighted by Crippen LogP contribution is 2.18. The fraction of sp³-hybridized carbons (Fsp3) is 0.538. The summed E-state index contributed by atoms with van der Waals surface area (Å²) in [4.78, 5) is 28.0. The molecule has 1 amide bonds. The summed E-state index contributed by atoms with van der Waals surface area (Å²) in [6.07, 6.45) is 3.43. The molecule has 18 heavy (non-hydrogen) atoms. The second kappa shape index (κ2) is 5.35. The maximum absolute atomic E-state index is 12.2. The van der Waals surface area contributed by atoms with Crippen molar-refractivity contribution in [1.29, 1.82) is 0 Å². The summed E-state index contributed by atoms with van der Waals surface area (Å²) < 4.78 is 0. The molecule has 1 aliphatic rings. The zero-order valence-corrected chi connectivity index (χ0v) is 10.5. The van der Waals surface area contributed by atoms with Gasteiger partial charge < -0.3 is 15.0 Å². The van der Waals surface area contributed by atoms with Crippen LogP contribution >= 0.6 is 0 Å². The number of nitrogens with zero attached hydrogens (tertiary/aromatic N) is 1. The van der Waals surface area contributed by atoms with Crippen molar-refractivity contribution in [3.8, 4) is 0 Å². The van der Waals surface area contributed by atoms with Gasteiger partial charge in [0.15, 0.2) is 5.78 Å². The normalized spacial score (nSPS) is 19.9. The number of H-pyrrole nitrogens is 1. The number of Topliss-reactive ketones (excluding diaryl/α,β-unsaturated/α-hetero) is 1. The number of aliphatic hydroxyl groups excluding tert-OH is 1. The molecule has 0 unspecified atom stereocenters. The van der Waals surface area contributed by atoms with Gasteiger partial charge in [-0.25, -0.2) is 0 Å². The van der Waals surface area contributed by atoms with E-state index in [4.69, 9.17) is 5.11 Å². The second-order valence-corrected chi connectivity index (χ2v) is 4.80. The molecular weight excluding hydrogens is 232 g/mol. The number of hydrogen-bond donors (Lipinski definition) is 2. The molecule has 0 aromatic carbocycles. The topological polar surface area (TPSA) is 73.4 Å². The van der Waals surface area contributed by atoms with E-state index in [1.54, 1.807) is 17.2 Å². The molecule has 1 atom stereocenters. The van der Waals surface area contributed by atoms with Crippen molar-refractivity contribution in [3.05, 3.63) is 23.5 Å². The maximum atomic E-state index is 12.2. The van der Waals surface area contributed by atoms with Gasteiger partial charge in [0.1, 0.15) is 5.69 Å². The van der Waals surface area contributed by atoms with Crippen LogP contribution in [0.2, 0.25) is 0 Å². The lowest BCUT2D eigenvalue weighted by atomic mass is 9.99. The summed E-state index contributed by atoms with van der Waals surface area (Å²) in [6.45, 7) is 2.89. The molecular formula is C13H18N2O3. The minimum Gasteiger partial charge on any atom is -0.396 e. The van der Waals surface area contributed by atoms with E-state index in [0.717, 1.165) is 12.8 Å². The highest BCUT2D eigenvalue weighted by molar-refractivity contribution is 5.99. The standard InChI is InChI=1S/C13H18N2O3/c1-9(17)11-5-12(14-6-11)13(18)15-4-2-3-10(7-15)8-16/h5-6,10,14,16H,2-4,7-8H2,1H3/t10-/m1/s1. The Morgan fingerprint density at radius 3 is 2.94 bits per heavy atom. The van der Waals surface area contributed by atoms with Gasteiger partial charge in [0.05, 0.1) is 0 Å². The van der Waals surface area contributed by atoms with Crippen LogP contribution in [-0.2, 0) is 0 Å². The van der Waals surface area contributed by atoms with Gasteiger partial charge in [0.25, 0.3) is 5.91 Å². The van der Waals surface area contributed by atoms with Gasteiger partial charge >= 0.3 is 0 Å². The predicted molar refractivity (Wildman–Crippen MR) is 66.5 cm³/mol. The Labute approximate surface area is 106 Å². The van der Waals surface area contributed by atoms with Gasteiger partial charge in [-0.3, -0.25) is 9.59 Å². The fourth-order valence-electron chi connectivity index (χ4n) is 2.29. The first-order valence-electron chi connectivity index (χ1n) is 6.21. The molecule has 5 nitrogen and oxygen atoms in total. The molecule has 2 N–H and O–H groups in total. The van der Waals surface area contributed by atoms with E-state index in [1.165, 1.54) is 6.92 Å². The molecule has 0 saturated carbocycles. The van der Waals surface area contributed by atoms with Crippen molar-refractivity contribution < 1.29 is 14.7 Å². The molecule has 2 heterocycles. The van der Waals surface area contributed by atoms with E-state index in [-0.39, 0.29) is 24.2 Å². The molecule has 1 aromatic rings. The molecule has 0 bridgehead atoms. The number of nitrogens with one attached hydrogen (secondary N) is 1. The van der Waals surface area contributed by atoms with Gasteiger partial charge in [0, 0.05) is 31.5 Å². The third kappa shape index (κ3) is 2.61. The Kier molecular flexibility index (Phi) is 3.81. The van der Waals surface area contributed by atoms with Crippen LogP contribution in [0.1, 0.15) is 40.6 Å². The van der Waals surface area contributed by atoms with Crippen molar-refractivity contribution in [2.75, 3.05) is 19.7 Å². The predicted octanol–water partition coefficient (Wildman–Crippen LogP) is 1.06. The van der Waals surface area contributed by atoms with E-state index in [1.807, 2.05) is 0 Å². The second-order valence-electron chi connectivity index (χ2n) is 4.80. The number of hydrogen-bond acceptors (Lipinski definition) is 3. The largest absolute Gasteiger partial charge is 0.396 e. The molecule has 0 spiro atoms. The van der Waals surface area contributed by atoms with E-state index in [0.29, 0.717) is 24.3 Å². The van der Waals surface area contributed by atoms with Crippen molar-refractivity contribution in [1.82, 2.24) is 9.88 Å². The third-order valence-electron chi connectivity index (χ3n) is 3.38. The number of aromatic amines is 1. The van der Waals surface area contributed by atoms with Crippen LogP contribution in [0.25, 0.3) is 0 Å². The number of aliphatic hydroxyl groups is 1. The molecule has 1 aromatic heterocycles. The third-order valence-corrected chi connectivity index (χ3v) is 3.38. The van der Waals surface area contributed by atoms with Crippen LogP contribution in [0.4, 0.5) is 0 Å². The number of rotatable bonds is 3. The van der Waals surface area contributed by atoms with Crippen LogP contribution < -0.4 is 0 Å². The molecule has 98 valence electrons. The number of piperidine rings is 1. The highest BCUT2D eigenvalue weighted by Gasteiger charge is 2.24. The lowest BCUT2D eigenvalue weighted by Crippen LogP contribution is -2.41. The lowest BCUT2D eigenvalue weighted by Gasteiger charge is -2.31. The van der Waals surface area contributed by atoms with Crippen molar-refractivity contribution in [2.24, 2.45) is 5.92 Å². The molecule has 1 fully saturated rings. The average molecular weight is 250 g/mol. The van der Waals surface area contributed by atoms with Gasteiger partial charge in [0.2, 0.25) is 0 Å². The first-order chi connectivity index (χ1) is 8.61. The summed E-state index contributed by atoms with van der Waals surface area (Å²) in [5.74, 6) is 0.0165. The number of aromatic nitrogens is 1. The van der Waals surface area contributed by atoms with E-state index < -0.39 is 0 Å². The van der Waals surface area contributed by atoms with E-state index >= 15 is 0 Å². The molecule has 0 radical (unpaired) electrons. The minimum atomic E-state index is -0.0966. The highest BCUT2D eigenvalue weighted by atomic mass is 16.3. The van der Waals surface area contributed by atoms with E-state index in [2.05, 4.69) is 4.98 Å². The number of amides is 1. The zero-order valence-electron chi connectivity index (χ0n) is 10.5. The van der Waals surface area contributed by atoms with E-state index in [9.17, 15) is 9.59 Å². The SMILES string of the molecule is CC(=O)c1c[nH]c(C(=O)N2CCC[C@@H](CO)C2)c1. The van der Waals surface area contributed by atoms with Crippen molar-refractivity contribution >= 4 is 11.7 Å². The number of ketones is 1. The lowest BCUT2D eigenvalue weighted by molar-refractivity contribution is 0.0615. The molecule has 1 saturated heterocycles. The summed E-state index contributed by atoms with van der Waals surface area (Å²) in [7, 11) is 0. The first kappa shape index (κ1) is 12.8. The Morgan fingerprint density at radius 1 is 1.56 bits per heavy atom. The Morgan fingerprint density at radius 2 is 2.33 bits per heavy atom. The monoisotopic (exact) mass is 250 g/mol. The number of carbonyl (C=O) groups excluding carboxylic acids is 2. The summed E-state index contributed by atoms with van der Waals surface area (Å²) in [5.41, 5.74) is 0.966. The first-order valence-corrected chi connectivity index (χ1v) is 6.21. The van der Waals surface area contributed by atoms with Crippen LogP contribution in [0.15, 0.2) is 12.3 Å². The van der Waals surface area contributed by atoms with Gasteiger partial charge in [-0.2, -0.15) is 0 Å². The quantitative estimate of drug-likeness (QED) is 0.788. The molecule has 0 aliphatic carbocycles. The van der Waals surface area contributed by atoms with Gasteiger partial charge in [-0.1, -0.05) is 0 Å². The van der Waals surface area contributed by atoms with Crippen molar-refractivity contribution in [3.63, 3.8) is 0 Å². The van der Waals surface area contributed by atoms with Gasteiger partial charge in [-0.05, 0) is 31.7 Å². The Hall–Kier alpha value is -1.62. The molecule has 2 rings (SSSR count). The average Bonchev–Trinajstić information content (AvgIpc) is 2.87. The number of carbonyl (C=O) groups is 2. The van der Waals surface area contributed by atoms with Crippen LogP contribution in [0, 0.1) is 5.92 Å². The smallest absolute Gasteiger partial charge is 0.270 e. The van der Waals surface area contributed by atoms with Crippen LogP contribution in [0.5, 0.6) is 0 Å². The summed E-state index contributed by atoms with van der Waals surface area (Å²) in [5, 5.41) is 9.15. The van der Waals surface area contributed by atoms with Crippen LogP contribution in [-0.4, -0.2) is 46.4 Å². The zero-order chi connectivity index (χ0) is 13.1. The number of likely N-dealkylation sites (tertiary alicyclic amines) is 1. The Bertz CT molecular complexity index is 453. The molecule has 5 heteroatoms. The summed E-state index contributed by atoms with van der Waals surface area (Å²) >= 11 is 0. The fourth-order valence-corrected chi connectivity index (χ4v) is 2.29. The van der Waals surface area contributed by atoms with Gasteiger partial charge in [-0.15, -0.1) is 0 Å².